The van der Waals surface area contributed by atoms with Crippen LogP contribution in [0.25, 0.3) is 0 Å². The number of piperidine rings is 1. The standard InChI is InChI=1S/C26H29F2N3O4/c1-3-29(4-2)24(32)22-19(27)10-11-20(28)23(22)25(33)30-14-12-18(13-15-30)31-21(16-35-26(31)34)17-8-6-5-7-9-17/h5-11,18,21H,3-4,12-16H2,1-2H3/t21-/m0/s1. The van der Waals surface area contributed by atoms with E-state index in [1.807, 2.05) is 30.3 Å². The highest BCUT2D eigenvalue weighted by Gasteiger charge is 2.41. The van der Waals surface area contributed by atoms with Crippen molar-refractivity contribution in [1.82, 2.24) is 14.7 Å². The number of benzene rings is 2. The minimum Gasteiger partial charge on any atom is -0.447 e. The minimum absolute atomic E-state index is 0.159. The first-order chi connectivity index (χ1) is 16.9. The van der Waals surface area contributed by atoms with Gasteiger partial charge in [0.2, 0.25) is 0 Å². The summed E-state index contributed by atoms with van der Waals surface area (Å²) in [5, 5.41) is 0. The van der Waals surface area contributed by atoms with E-state index in [2.05, 4.69) is 0 Å². The van der Waals surface area contributed by atoms with E-state index < -0.39 is 40.7 Å². The summed E-state index contributed by atoms with van der Waals surface area (Å²) in [5.74, 6) is -3.29. The van der Waals surface area contributed by atoms with E-state index in [1.54, 1.807) is 18.7 Å². The Morgan fingerprint density at radius 3 is 2.17 bits per heavy atom. The molecule has 0 radical (unpaired) electrons. The summed E-state index contributed by atoms with van der Waals surface area (Å²) >= 11 is 0. The summed E-state index contributed by atoms with van der Waals surface area (Å²) in [6, 6.07) is 11.0. The molecule has 2 heterocycles. The number of hydrogen-bond acceptors (Lipinski definition) is 4. The molecular weight excluding hydrogens is 456 g/mol. The highest BCUT2D eigenvalue weighted by Crippen LogP contribution is 2.33. The van der Waals surface area contributed by atoms with Gasteiger partial charge in [0.15, 0.2) is 0 Å². The third kappa shape index (κ3) is 4.72. The molecule has 2 aromatic carbocycles. The number of carbonyl (C=O) groups is 3. The number of cyclic esters (lactones) is 1. The van der Waals surface area contributed by atoms with Crippen molar-refractivity contribution in [2.24, 2.45) is 0 Å². The zero-order valence-corrected chi connectivity index (χ0v) is 19.9. The van der Waals surface area contributed by atoms with Gasteiger partial charge in [-0.05, 0) is 44.4 Å². The third-order valence-electron chi connectivity index (χ3n) is 6.82. The summed E-state index contributed by atoms with van der Waals surface area (Å²) < 4.78 is 34.9. The monoisotopic (exact) mass is 485 g/mol. The number of nitrogens with zero attached hydrogens (tertiary/aromatic N) is 3. The Balaban J connectivity index is 1.53. The Labute approximate surface area is 203 Å². The van der Waals surface area contributed by atoms with Crippen LogP contribution in [-0.4, -0.2) is 71.4 Å². The molecule has 4 rings (SSSR count). The molecule has 0 bridgehead atoms. The predicted octanol–water partition coefficient (Wildman–Crippen LogP) is 4.24. The van der Waals surface area contributed by atoms with Crippen LogP contribution in [0.2, 0.25) is 0 Å². The second-order valence-electron chi connectivity index (χ2n) is 8.69. The Morgan fingerprint density at radius 2 is 1.57 bits per heavy atom. The number of rotatable bonds is 6. The average Bonchev–Trinajstić information content (AvgIpc) is 3.27. The Hall–Kier alpha value is -3.49. The lowest BCUT2D eigenvalue weighted by atomic mass is 9.97. The molecule has 0 unspecified atom stereocenters. The molecule has 0 spiro atoms. The molecule has 3 amide bonds. The van der Waals surface area contributed by atoms with Crippen molar-refractivity contribution < 1.29 is 27.9 Å². The zero-order chi connectivity index (χ0) is 25.1. The fourth-order valence-electron chi connectivity index (χ4n) is 4.91. The SMILES string of the molecule is CCN(CC)C(=O)c1c(F)ccc(F)c1C(=O)N1CCC(N2C(=O)OC[C@H]2c2ccccc2)CC1. The van der Waals surface area contributed by atoms with Crippen LogP contribution >= 0.6 is 0 Å². The summed E-state index contributed by atoms with van der Waals surface area (Å²) in [7, 11) is 0. The van der Waals surface area contributed by atoms with Gasteiger partial charge in [-0.15, -0.1) is 0 Å². The van der Waals surface area contributed by atoms with E-state index in [0.29, 0.717) is 25.9 Å². The number of likely N-dealkylation sites (tertiary alicyclic amines) is 1. The van der Waals surface area contributed by atoms with E-state index in [0.717, 1.165) is 17.7 Å². The molecule has 0 aliphatic carbocycles. The molecule has 7 nitrogen and oxygen atoms in total. The van der Waals surface area contributed by atoms with Crippen LogP contribution in [0.15, 0.2) is 42.5 Å². The summed E-state index contributed by atoms with van der Waals surface area (Å²) in [4.78, 5) is 43.2. The number of ether oxygens (including phenoxy) is 1. The molecule has 0 aromatic heterocycles. The second kappa shape index (κ2) is 10.4. The van der Waals surface area contributed by atoms with Gasteiger partial charge < -0.3 is 14.5 Å². The normalized spacial score (nSPS) is 18.5. The minimum atomic E-state index is -0.929. The van der Waals surface area contributed by atoms with Gasteiger partial charge in [0.05, 0.1) is 17.2 Å². The molecule has 186 valence electrons. The molecule has 2 saturated heterocycles. The van der Waals surface area contributed by atoms with Crippen molar-refractivity contribution in [3.63, 3.8) is 0 Å². The van der Waals surface area contributed by atoms with Gasteiger partial charge in [0.25, 0.3) is 11.8 Å². The maximum absolute atomic E-state index is 14.8. The van der Waals surface area contributed by atoms with Crippen LogP contribution in [0.3, 0.4) is 0 Å². The predicted molar refractivity (Wildman–Crippen MR) is 125 cm³/mol. The molecule has 0 N–H and O–H groups in total. The van der Waals surface area contributed by atoms with Crippen molar-refractivity contribution in [3.8, 4) is 0 Å². The first kappa shape index (κ1) is 24.6. The van der Waals surface area contributed by atoms with E-state index in [9.17, 15) is 23.2 Å². The summed E-state index contributed by atoms with van der Waals surface area (Å²) in [6.07, 6.45) is 0.521. The Morgan fingerprint density at radius 1 is 0.971 bits per heavy atom. The Kier molecular flexibility index (Phi) is 7.33. The second-order valence-corrected chi connectivity index (χ2v) is 8.69. The first-order valence-electron chi connectivity index (χ1n) is 11.9. The first-order valence-corrected chi connectivity index (χ1v) is 11.9. The van der Waals surface area contributed by atoms with Crippen LogP contribution < -0.4 is 0 Å². The van der Waals surface area contributed by atoms with Gasteiger partial charge in [-0.1, -0.05) is 30.3 Å². The van der Waals surface area contributed by atoms with Crippen molar-refractivity contribution in [1.29, 1.82) is 0 Å². The lowest BCUT2D eigenvalue weighted by Crippen LogP contribution is -2.48. The number of halogens is 2. The van der Waals surface area contributed by atoms with Gasteiger partial charge in [0, 0.05) is 32.2 Å². The largest absolute Gasteiger partial charge is 0.447 e. The van der Waals surface area contributed by atoms with E-state index in [-0.39, 0.29) is 31.8 Å². The topological polar surface area (TPSA) is 70.2 Å². The van der Waals surface area contributed by atoms with Gasteiger partial charge in [-0.25, -0.2) is 13.6 Å². The van der Waals surface area contributed by atoms with Gasteiger partial charge in [-0.3, -0.25) is 14.5 Å². The summed E-state index contributed by atoms with van der Waals surface area (Å²) in [5.41, 5.74) is -0.102. The molecule has 2 aliphatic heterocycles. The van der Waals surface area contributed by atoms with Gasteiger partial charge in [0.1, 0.15) is 18.2 Å². The molecule has 35 heavy (non-hydrogen) atoms. The molecule has 1 atom stereocenters. The molecule has 2 aromatic rings. The zero-order valence-electron chi connectivity index (χ0n) is 19.9. The Bertz CT molecular complexity index is 1100. The quantitative estimate of drug-likeness (QED) is 0.614. The van der Waals surface area contributed by atoms with Crippen molar-refractivity contribution in [2.45, 2.75) is 38.8 Å². The number of amides is 3. The van der Waals surface area contributed by atoms with Crippen molar-refractivity contribution in [2.75, 3.05) is 32.8 Å². The van der Waals surface area contributed by atoms with Crippen LogP contribution in [-0.2, 0) is 4.74 Å². The smallest absolute Gasteiger partial charge is 0.410 e. The molecule has 2 fully saturated rings. The fraction of sp³-hybridized carbons (Fsp3) is 0.423. The van der Waals surface area contributed by atoms with Gasteiger partial charge >= 0.3 is 6.09 Å². The average molecular weight is 486 g/mol. The highest BCUT2D eigenvalue weighted by molar-refractivity contribution is 6.07. The van der Waals surface area contributed by atoms with Crippen molar-refractivity contribution >= 4 is 17.9 Å². The molecule has 0 saturated carbocycles. The van der Waals surface area contributed by atoms with E-state index in [4.69, 9.17) is 4.74 Å². The van der Waals surface area contributed by atoms with Crippen LogP contribution in [0.4, 0.5) is 13.6 Å². The maximum atomic E-state index is 14.8. The lowest BCUT2D eigenvalue weighted by molar-refractivity contribution is 0.0619. The van der Waals surface area contributed by atoms with E-state index in [1.165, 1.54) is 9.80 Å². The lowest BCUT2D eigenvalue weighted by Gasteiger charge is -2.38. The van der Waals surface area contributed by atoms with Crippen LogP contribution in [0, 0.1) is 11.6 Å². The van der Waals surface area contributed by atoms with Crippen molar-refractivity contribution in [3.05, 3.63) is 70.8 Å². The molecule has 9 heteroatoms. The maximum Gasteiger partial charge on any atom is 0.410 e. The highest BCUT2D eigenvalue weighted by atomic mass is 19.1. The number of hydrogen-bond donors (Lipinski definition) is 0. The van der Waals surface area contributed by atoms with Crippen LogP contribution in [0.5, 0.6) is 0 Å². The third-order valence-corrected chi connectivity index (χ3v) is 6.82. The fourth-order valence-corrected chi connectivity index (χ4v) is 4.91. The number of carbonyl (C=O) groups excluding carboxylic acids is 3. The van der Waals surface area contributed by atoms with E-state index >= 15 is 0 Å². The summed E-state index contributed by atoms with van der Waals surface area (Å²) in [6.45, 7) is 4.81. The molecular formula is C26H29F2N3O4. The van der Waals surface area contributed by atoms with Gasteiger partial charge in [-0.2, -0.15) is 0 Å². The van der Waals surface area contributed by atoms with Crippen LogP contribution in [0.1, 0.15) is 59.0 Å². The molecule has 2 aliphatic rings.